The molecular formula is C18H21FN4O4S2. The second-order valence-electron chi connectivity index (χ2n) is 6.72. The Labute approximate surface area is 172 Å². The lowest BCUT2D eigenvalue weighted by molar-refractivity contribution is 0.0639. The summed E-state index contributed by atoms with van der Waals surface area (Å²) in [6.07, 6.45) is 1.45. The van der Waals surface area contributed by atoms with Crippen molar-refractivity contribution < 1.29 is 22.3 Å². The molecule has 0 aliphatic carbocycles. The van der Waals surface area contributed by atoms with Crippen LogP contribution in [0.5, 0.6) is 0 Å². The van der Waals surface area contributed by atoms with E-state index < -0.39 is 10.2 Å². The second-order valence-corrected chi connectivity index (χ2v) is 9.68. The van der Waals surface area contributed by atoms with Crippen LogP contribution in [-0.4, -0.2) is 85.3 Å². The smallest absolute Gasteiger partial charge is 0.282 e. The number of hydrogen-bond acceptors (Lipinski definition) is 6. The van der Waals surface area contributed by atoms with Crippen molar-refractivity contribution in [1.82, 2.24) is 18.5 Å². The van der Waals surface area contributed by atoms with Crippen molar-refractivity contribution in [2.45, 2.75) is 0 Å². The molecule has 2 fully saturated rings. The molecule has 2 aliphatic rings. The number of thiazole rings is 1. The summed E-state index contributed by atoms with van der Waals surface area (Å²) in [7, 11) is -3.54. The topological polar surface area (TPSA) is 83.1 Å². The van der Waals surface area contributed by atoms with E-state index in [4.69, 9.17) is 4.74 Å². The first-order chi connectivity index (χ1) is 14.0. The molecule has 29 heavy (non-hydrogen) atoms. The molecule has 1 aromatic carbocycles. The van der Waals surface area contributed by atoms with E-state index in [1.54, 1.807) is 23.1 Å². The molecular weight excluding hydrogens is 419 g/mol. The maximum absolute atomic E-state index is 13.9. The van der Waals surface area contributed by atoms with E-state index in [2.05, 4.69) is 4.98 Å². The van der Waals surface area contributed by atoms with Crippen molar-refractivity contribution in [3.63, 3.8) is 0 Å². The summed E-state index contributed by atoms with van der Waals surface area (Å²) in [5.74, 6) is -0.601. The molecule has 1 aromatic heterocycles. The van der Waals surface area contributed by atoms with Gasteiger partial charge >= 0.3 is 0 Å². The first kappa shape index (κ1) is 20.4. The van der Waals surface area contributed by atoms with Crippen LogP contribution in [0.1, 0.15) is 9.67 Å². The molecule has 0 radical (unpaired) electrons. The number of nitrogens with zero attached hydrogens (tertiary/aromatic N) is 4. The third-order valence-corrected chi connectivity index (χ3v) is 8.02. The highest BCUT2D eigenvalue weighted by molar-refractivity contribution is 7.86. The number of amides is 1. The Kier molecular flexibility index (Phi) is 5.93. The fourth-order valence-electron chi connectivity index (χ4n) is 3.35. The zero-order chi connectivity index (χ0) is 20.4. The van der Waals surface area contributed by atoms with Crippen LogP contribution in [0.25, 0.3) is 10.6 Å². The van der Waals surface area contributed by atoms with Crippen LogP contribution in [0.2, 0.25) is 0 Å². The number of rotatable bonds is 4. The molecule has 11 heteroatoms. The molecule has 0 saturated carbocycles. The first-order valence-electron chi connectivity index (χ1n) is 9.30. The van der Waals surface area contributed by atoms with Gasteiger partial charge in [-0.05, 0) is 12.1 Å². The van der Waals surface area contributed by atoms with Gasteiger partial charge in [0.25, 0.3) is 16.1 Å². The standard InChI is InChI=1S/C18H21FN4O4S2/c19-15-4-2-1-3-14(15)17-20-13-16(28-17)18(24)21-5-7-22(8-6-21)29(25,26)23-9-11-27-12-10-23/h1-4,13H,5-12H2. The number of carbonyl (C=O) groups excluding carboxylic acids is 1. The fraction of sp³-hybridized carbons (Fsp3) is 0.444. The summed E-state index contributed by atoms with van der Waals surface area (Å²) in [4.78, 5) is 19.0. The minimum Gasteiger partial charge on any atom is -0.379 e. The Morgan fingerprint density at radius 3 is 2.38 bits per heavy atom. The summed E-state index contributed by atoms with van der Waals surface area (Å²) in [5, 5.41) is 0.444. The van der Waals surface area contributed by atoms with Crippen LogP contribution >= 0.6 is 11.3 Å². The Morgan fingerprint density at radius 2 is 1.69 bits per heavy atom. The van der Waals surface area contributed by atoms with Gasteiger partial charge in [0, 0.05) is 44.8 Å². The van der Waals surface area contributed by atoms with E-state index >= 15 is 0 Å². The van der Waals surface area contributed by atoms with Crippen LogP contribution in [0, 0.1) is 5.82 Å². The lowest BCUT2D eigenvalue weighted by Crippen LogP contribution is -2.55. The number of carbonyl (C=O) groups is 1. The predicted molar refractivity (Wildman–Crippen MR) is 106 cm³/mol. The zero-order valence-corrected chi connectivity index (χ0v) is 17.3. The molecule has 2 aliphatic heterocycles. The molecule has 0 N–H and O–H groups in total. The number of aromatic nitrogens is 1. The van der Waals surface area contributed by atoms with Gasteiger partial charge in [-0.2, -0.15) is 17.0 Å². The molecule has 1 amide bonds. The maximum atomic E-state index is 13.9. The van der Waals surface area contributed by atoms with Crippen LogP contribution in [0.15, 0.2) is 30.5 Å². The van der Waals surface area contributed by atoms with Crippen molar-refractivity contribution in [2.24, 2.45) is 0 Å². The number of ether oxygens (including phenoxy) is 1. The quantitative estimate of drug-likeness (QED) is 0.715. The third-order valence-electron chi connectivity index (χ3n) is 4.97. The Morgan fingerprint density at radius 1 is 1.03 bits per heavy atom. The maximum Gasteiger partial charge on any atom is 0.282 e. The monoisotopic (exact) mass is 440 g/mol. The van der Waals surface area contributed by atoms with E-state index in [0.29, 0.717) is 54.8 Å². The molecule has 0 unspecified atom stereocenters. The summed E-state index contributed by atoms with van der Waals surface area (Å²) in [6.45, 7) is 2.57. The third kappa shape index (κ3) is 4.19. The predicted octanol–water partition coefficient (Wildman–Crippen LogP) is 1.28. The van der Waals surface area contributed by atoms with Gasteiger partial charge in [0.15, 0.2) is 0 Å². The molecule has 156 valence electrons. The average Bonchev–Trinajstić information content (AvgIpc) is 3.24. The van der Waals surface area contributed by atoms with E-state index in [1.807, 2.05) is 0 Å². The van der Waals surface area contributed by atoms with E-state index in [1.165, 1.54) is 20.9 Å². The zero-order valence-electron chi connectivity index (χ0n) is 15.7. The summed E-state index contributed by atoms with van der Waals surface area (Å²) in [6, 6.07) is 6.29. The van der Waals surface area contributed by atoms with Gasteiger partial charge in [0.05, 0.1) is 19.4 Å². The van der Waals surface area contributed by atoms with E-state index in [0.717, 1.165) is 11.3 Å². The Hall–Kier alpha value is -1.92. The molecule has 0 bridgehead atoms. The van der Waals surface area contributed by atoms with Gasteiger partial charge in [-0.3, -0.25) is 4.79 Å². The molecule has 2 saturated heterocycles. The van der Waals surface area contributed by atoms with Gasteiger partial charge in [0.1, 0.15) is 15.7 Å². The van der Waals surface area contributed by atoms with Gasteiger partial charge in [0.2, 0.25) is 0 Å². The highest BCUT2D eigenvalue weighted by Gasteiger charge is 2.34. The highest BCUT2D eigenvalue weighted by atomic mass is 32.2. The van der Waals surface area contributed by atoms with Crippen LogP contribution in [0.3, 0.4) is 0 Å². The number of piperazine rings is 1. The first-order valence-corrected chi connectivity index (χ1v) is 11.5. The average molecular weight is 441 g/mol. The SMILES string of the molecule is O=C(c1cnc(-c2ccccc2F)s1)N1CCN(S(=O)(=O)N2CCOCC2)CC1. The fourth-order valence-corrected chi connectivity index (χ4v) is 5.82. The minimum absolute atomic E-state index is 0.214. The number of morpholine rings is 1. The van der Waals surface area contributed by atoms with Gasteiger partial charge < -0.3 is 9.64 Å². The van der Waals surface area contributed by atoms with Crippen molar-refractivity contribution >= 4 is 27.5 Å². The van der Waals surface area contributed by atoms with E-state index in [9.17, 15) is 17.6 Å². The summed E-state index contributed by atoms with van der Waals surface area (Å²) < 4.78 is 47.5. The summed E-state index contributed by atoms with van der Waals surface area (Å²) in [5.41, 5.74) is 0.359. The van der Waals surface area contributed by atoms with Crippen molar-refractivity contribution in [3.05, 3.63) is 41.2 Å². The lowest BCUT2D eigenvalue weighted by Gasteiger charge is -2.37. The number of benzene rings is 1. The van der Waals surface area contributed by atoms with Crippen LogP contribution < -0.4 is 0 Å². The Balaban J connectivity index is 1.40. The Bertz CT molecular complexity index is 983. The largest absolute Gasteiger partial charge is 0.379 e. The molecule has 3 heterocycles. The molecule has 4 rings (SSSR count). The minimum atomic E-state index is -3.54. The van der Waals surface area contributed by atoms with Crippen LogP contribution in [-0.2, 0) is 14.9 Å². The van der Waals surface area contributed by atoms with Gasteiger partial charge in [-0.15, -0.1) is 11.3 Å². The second kappa shape index (κ2) is 8.44. The number of halogens is 1. The van der Waals surface area contributed by atoms with Crippen molar-refractivity contribution in [2.75, 3.05) is 52.5 Å². The normalized spacial score (nSPS) is 19.4. The van der Waals surface area contributed by atoms with E-state index in [-0.39, 0.29) is 24.8 Å². The molecule has 0 atom stereocenters. The van der Waals surface area contributed by atoms with Gasteiger partial charge in [-0.25, -0.2) is 9.37 Å². The highest BCUT2D eigenvalue weighted by Crippen LogP contribution is 2.28. The summed E-state index contributed by atoms with van der Waals surface area (Å²) >= 11 is 1.13. The molecule has 0 spiro atoms. The molecule has 2 aromatic rings. The molecule has 8 nitrogen and oxygen atoms in total. The van der Waals surface area contributed by atoms with Crippen molar-refractivity contribution in [3.8, 4) is 10.6 Å². The number of hydrogen-bond donors (Lipinski definition) is 0. The lowest BCUT2D eigenvalue weighted by atomic mass is 10.2. The van der Waals surface area contributed by atoms with Crippen LogP contribution in [0.4, 0.5) is 4.39 Å². The van der Waals surface area contributed by atoms with Gasteiger partial charge in [-0.1, -0.05) is 12.1 Å². The van der Waals surface area contributed by atoms with Crippen molar-refractivity contribution in [1.29, 1.82) is 0 Å².